The van der Waals surface area contributed by atoms with Gasteiger partial charge in [-0.3, -0.25) is 0 Å². The van der Waals surface area contributed by atoms with Crippen molar-refractivity contribution in [1.82, 2.24) is 4.31 Å². The molecule has 1 aromatic rings. The average molecular weight is 391 g/mol. The summed E-state index contributed by atoms with van der Waals surface area (Å²) in [5.74, 6) is 0.230. The summed E-state index contributed by atoms with van der Waals surface area (Å²) >= 11 is 0. The zero-order valence-corrected chi connectivity index (χ0v) is 17.9. The normalized spacial score (nSPS) is 17.1. The lowest BCUT2D eigenvalue weighted by Gasteiger charge is -2.28. The molecule has 2 rings (SSSR count). The Balaban J connectivity index is 2.66. The van der Waals surface area contributed by atoms with E-state index in [2.05, 4.69) is 0 Å². The molecule has 0 bridgehead atoms. The first-order valence-corrected chi connectivity index (χ1v) is 10.7. The molecule has 0 aliphatic carbocycles. The van der Waals surface area contributed by atoms with Crippen LogP contribution in [0, 0.1) is 11.3 Å². The molecule has 0 atom stereocenters. The Hall–Kier alpha value is -1.84. The number of benzene rings is 1. The van der Waals surface area contributed by atoms with E-state index in [1.54, 1.807) is 12.1 Å². The van der Waals surface area contributed by atoms with E-state index in [9.17, 15) is 18.8 Å². The Bertz CT molecular complexity index is 854. The van der Waals surface area contributed by atoms with E-state index in [4.69, 9.17) is 0 Å². The highest BCUT2D eigenvalue weighted by Crippen LogP contribution is 2.40. The lowest BCUT2D eigenvalue weighted by Crippen LogP contribution is -2.28. The van der Waals surface area contributed by atoms with Crippen molar-refractivity contribution in [3.8, 4) is 11.8 Å². The SMILES string of the molecule is CC(C)(C)c1cc(/C=C(\C#N)S(=O)(=O)N2CCCC2)cc(C(C)(C)C)c1O. The second-order valence-corrected chi connectivity index (χ2v) is 11.1. The molecule has 1 fully saturated rings. The maximum Gasteiger partial charge on any atom is 0.253 e. The number of hydrogen-bond donors (Lipinski definition) is 1. The first kappa shape index (κ1) is 21.5. The fourth-order valence-corrected chi connectivity index (χ4v) is 4.68. The Morgan fingerprint density at radius 1 is 1.07 bits per heavy atom. The summed E-state index contributed by atoms with van der Waals surface area (Å²) in [4.78, 5) is -0.255. The number of nitrogens with zero attached hydrogens (tertiary/aromatic N) is 2. The van der Waals surface area contributed by atoms with Gasteiger partial charge in [-0.15, -0.1) is 0 Å². The number of aromatic hydroxyl groups is 1. The maximum atomic E-state index is 12.8. The highest BCUT2D eigenvalue weighted by atomic mass is 32.2. The first-order valence-electron chi connectivity index (χ1n) is 9.28. The minimum atomic E-state index is -3.78. The molecule has 1 aliphatic heterocycles. The Morgan fingerprint density at radius 3 is 1.89 bits per heavy atom. The van der Waals surface area contributed by atoms with Crippen LogP contribution in [0.25, 0.3) is 6.08 Å². The maximum absolute atomic E-state index is 12.8. The lowest BCUT2D eigenvalue weighted by atomic mass is 9.78. The van der Waals surface area contributed by atoms with E-state index >= 15 is 0 Å². The molecule has 27 heavy (non-hydrogen) atoms. The molecule has 5 nitrogen and oxygen atoms in total. The third-order valence-corrected chi connectivity index (χ3v) is 6.65. The van der Waals surface area contributed by atoms with Crippen LogP contribution in [0.15, 0.2) is 17.0 Å². The zero-order chi connectivity index (χ0) is 20.6. The number of rotatable bonds is 3. The van der Waals surface area contributed by atoms with Gasteiger partial charge >= 0.3 is 0 Å². The van der Waals surface area contributed by atoms with Gasteiger partial charge in [-0.25, -0.2) is 8.42 Å². The van der Waals surface area contributed by atoms with Gasteiger partial charge in [0.25, 0.3) is 10.0 Å². The molecule has 1 N–H and O–H groups in total. The van der Waals surface area contributed by atoms with Gasteiger partial charge in [0.2, 0.25) is 0 Å². The van der Waals surface area contributed by atoms with E-state index in [1.807, 2.05) is 47.6 Å². The van der Waals surface area contributed by atoms with Gasteiger partial charge in [0.1, 0.15) is 11.8 Å². The standard InChI is InChI=1S/C21H30N2O3S/c1-20(2,3)17-12-15(13-18(19(17)24)21(4,5)6)11-16(14-22)27(25,26)23-9-7-8-10-23/h11-13,24H,7-10H2,1-6H3/b16-11+. The van der Waals surface area contributed by atoms with Crippen LogP contribution in [-0.2, 0) is 20.9 Å². The lowest BCUT2D eigenvalue weighted by molar-refractivity contribution is 0.423. The van der Waals surface area contributed by atoms with Gasteiger partial charge in [0, 0.05) is 24.2 Å². The largest absolute Gasteiger partial charge is 0.507 e. The van der Waals surface area contributed by atoms with Crippen molar-refractivity contribution < 1.29 is 13.5 Å². The van der Waals surface area contributed by atoms with Gasteiger partial charge < -0.3 is 5.11 Å². The zero-order valence-electron chi connectivity index (χ0n) is 17.1. The summed E-state index contributed by atoms with van der Waals surface area (Å²) in [5.41, 5.74) is 1.43. The van der Waals surface area contributed by atoms with Crippen LogP contribution < -0.4 is 0 Å². The molecule has 1 aromatic carbocycles. The van der Waals surface area contributed by atoms with Crippen LogP contribution in [0.3, 0.4) is 0 Å². The van der Waals surface area contributed by atoms with Crippen molar-refractivity contribution in [1.29, 1.82) is 5.26 Å². The predicted molar refractivity (Wildman–Crippen MR) is 109 cm³/mol. The van der Waals surface area contributed by atoms with Crippen molar-refractivity contribution in [3.63, 3.8) is 0 Å². The first-order chi connectivity index (χ1) is 12.3. The molecular formula is C21H30N2O3S. The summed E-state index contributed by atoms with van der Waals surface area (Å²) in [6, 6.07) is 5.43. The molecule has 1 heterocycles. The van der Waals surface area contributed by atoms with Crippen LogP contribution in [0.2, 0.25) is 0 Å². The van der Waals surface area contributed by atoms with Gasteiger partial charge in [0.15, 0.2) is 4.91 Å². The highest BCUT2D eigenvalue weighted by Gasteiger charge is 2.30. The molecule has 1 aliphatic rings. The number of sulfonamides is 1. The second-order valence-electron chi connectivity index (χ2n) is 9.20. The number of nitriles is 1. The van der Waals surface area contributed by atoms with E-state index in [0.717, 1.165) is 24.0 Å². The van der Waals surface area contributed by atoms with Gasteiger partial charge in [-0.05, 0) is 47.4 Å². The Labute approximate surface area is 163 Å². The quantitative estimate of drug-likeness (QED) is 0.781. The summed E-state index contributed by atoms with van der Waals surface area (Å²) in [7, 11) is -3.78. The van der Waals surface area contributed by atoms with E-state index in [0.29, 0.717) is 18.7 Å². The van der Waals surface area contributed by atoms with E-state index in [1.165, 1.54) is 10.4 Å². The van der Waals surface area contributed by atoms with Gasteiger partial charge in [-0.2, -0.15) is 9.57 Å². The molecular weight excluding hydrogens is 360 g/mol. The number of phenols is 1. The van der Waals surface area contributed by atoms with E-state index < -0.39 is 10.0 Å². The van der Waals surface area contributed by atoms with Gasteiger partial charge in [0.05, 0.1) is 0 Å². The van der Waals surface area contributed by atoms with Crippen LogP contribution >= 0.6 is 0 Å². The monoisotopic (exact) mass is 390 g/mol. The molecule has 0 radical (unpaired) electrons. The predicted octanol–water partition coefficient (Wildman–Crippen LogP) is 4.28. The molecule has 148 valence electrons. The molecule has 0 saturated carbocycles. The van der Waals surface area contributed by atoms with Crippen molar-refractivity contribution in [3.05, 3.63) is 33.7 Å². The van der Waals surface area contributed by atoms with Crippen molar-refractivity contribution in [2.24, 2.45) is 0 Å². The summed E-state index contributed by atoms with van der Waals surface area (Å²) in [6.45, 7) is 12.9. The molecule has 0 amide bonds. The topological polar surface area (TPSA) is 81.4 Å². The second kappa shape index (κ2) is 7.29. The third-order valence-electron chi connectivity index (χ3n) is 4.84. The smallest absolute Gasteiger partial charge is 0.253 e. The average Bonchev–Trinajstić information content (AvgIpc) is 3.06. The number of phenolic OH excluding ortho intramolecular Hbond substituents is 1. The van der Waals surface area contributed by atoms with Crippen LogP contribution in [-0.4, -0.2) is 30.9 Å². The van der Waals surface area contributed by atoms with Crippen LogP contribution in [0.1, 0.15) is 71.1 Å². The Kier molecular flexibility index (Phi) is 5.79. The van der Waals surface area contributed by atoms with Crippen molar-refractivity contribution in [2.75, 3.05) is 13.1 Å². The summed E-state index contributed by atoms with van der Waals surface area (Å²) in [6.07, 6.45) is 3.07. The van der Waals surface area contributed by atoms with Crippen LogP contribution in [0.5, 0.6) is 5.75 Å². The van der Waals surface area contributed by atoms with Gasteiger partial charge in [-0.1, -0.05) is 41.5 Å². The number of hydrogen-bond acceptors (Lipinski definition) is 4. The summed E-state index contributed by atoms with van der Waals surface area (Å²) in [5, 5.41) is 20.3. The summed E-state index contributed by atoms with van der Waals surface area (Å²) < 4.78 is 26.9. The fraction of sp³-hybridized carbons (Fsp3) is 0.571. The molecule has 0 aromatic heterocycles. The van der Waals surface area contributed by atoms with E-state index in [-0.39, 0.29) is 21.5 Å². The molecule has 6 heteroatoms. The van der Waals surface area contributed by atoms with Crippen molar-refractivity contribution in [2.45, 2.75) is 65.2 Å². The molecule has 0 spiro atoms. The minimum Gasteiger partial charge on any atom is -0.507 e. The molecule has 1 saturated heterocycles. The van der Waals surface area contributed by atoms with Crippen LogP contribution in [0.4, 0.5) is 0 Å². The third kappa shape index (κ3) is 4.53. The Morgan fingerprint density at radius 2 is 1.52 bits per heavy atom. The highest BCUT2D eigenvalue weighted by molar-refractivity contribution is 7.93. The minimum absolute atomic E-state index is 0.230. The fourth-order valence-electron chi connectivity index (χ4n) is 3.27. The molecule has 0 unspecified atom stereocenters. The number of allylic oxidation sites excluding steroid dienone is 1. The van der Waals surface area contributed by atoms with Crippen molar-refractivity contribution >= 4 is 16.1 Å².